The molecule has 0 aromatic rings. The molecule has 0 amide bonds. The Kier molecular flexibility index (Phi) is 4.76. The summed E-state index contributed by atoms with van der Waals surface area (Å²) in [6.07, 6.45) is 1.08. The zero-order valence-electron chi connectivity index (χ0n) is 11.2. The summed E-state index contributed by atoms with van der Waals surface area (Å²) in [4.78, 5) is 22.6. The maximum Gasteiger partial charge on any atom is 0.508 e. The first-order chi connectivity index (χ1) is 8.38. The number of esters is 1. The number of rotatable bonds is 6. The highest BCUT2D eigenvalue weighted by molar-refractivity contribution is 5.87. The van der Waals surface area contributed by atoms with Gasteiger partial charge in [0, 0.05) is 12.0 Å². The van der Waals surface area contributed by atoms with E-state index < -0.39 is 17.7 Å². The smallest absolute Gasteiger partial charge is 0.459 e. The number of ether oxygens (including phenoxy) is 3. The summed E-state index contributed by atoms with van der Waals surface area (Å²) in [5.41, 5.74) is -0.154. The van der Waals surface area contributed by atoms with Crippen LogP contribution in [0.4, 0.5) is 4.79 Å². The van der Waals surface area contributed by atoms with E-state index in [1.807, 2.05) is 0 Å². The molecular weight excluding hydrogens is 236 g/mol. The molecule has 0 aliphatic heterocycles. The van der Waals surface area contributed by atoms with Gasteiger partial charge in [-0.25, -0.2) is 9.59 Å². The quantitative estimate of drug-likeness (QED) is 0.540. The van der Waals surface area contributed by atoms with Crippen LogP contribution < -0.4 is 0 Å². The Labute approximate surface area is 107 Å². The summed E-state index contributed by atoms with van der Waals surface area (Å²) in [5.74, 6) is -0.422. The van der Waals surface area contributed by atoms with Crippen LogP contribution in [0.5, 0.6) is 0 Å². The fourth-order valence-electron chi connectivity index (χ4n) is 1.66. The lowest BCUT2D eigenvalue weighted by atomic mass is 10.1. The molecule has 0 aromatic heterocycles. The maximum absolute atomic E-state index is 11.3. The van der Waals surface area contributed by atoms with E-state index in [9.17, 15) is 9.59 Å². The van der Waals surface area contributed by atoms with Crippen LogP contribution in [0.1, 0.15) is 40.0 Å². The van der Waals surface area contributed by atoms with E-state index in [4.69, 9.17) is 14.2 Å². The molecule has 1 rings (SSSR count). The van der Waals surface area contributed by atoms with E-state index in [0.717, 1.165) is 12.8 Å². The zero-order chi connectivity index (χ0) is 13.8. The molecule has 0 saturated heterocycles. The molecule has 1 atom stereocenters. The Morgan fingerprint density at radius 1 is 1.39 bits per heavy atom. The summed E-state index contributed by atoms with van der Waals surface area (Å²) >= 11 is 0. The first-order valence-corrected chi connectivity index (χ1v) is 6.11. The molecule has 5 nitrogen and oxygen atoms in total. The third kappa shape index (κ3) is 4.39. The molecule has 1 fully saturated rings. The largest absolute Gasteiger partial charge is 0.508 e. The molecular formula is C13H20O5. The molecule has 1 aliphatic rings. The fourth-order valence-corrected chi connectivity index (χ4v) is 1.66. The molecule has 0 heterocycles. The minimum atomic E-state index is -0.659. The predicted molar refractivity (Wildman–Crippen MR) is 65.1 cm³/mol. The van der Waals surface area contributed by atoms with Crippen molar-refractivity contribution >= 4 is 12.1 Å². The van der Waals surface area contributed by atoms with Gasteiger partial charge in [-0.2, -0.15) is 0 Å². The first kappa shape index (κ1) is 14.5. The van der Waals surface area contributed by atoms with Crippen LogP contribution in [0, 0.1) is 0 Å². The molecule has 0 bridgehead atoms. The van der Waals surface area contributed by atoms with E-state index in [-0.39, 0.29) is 12.7 Å². The third-order valence-corrected chi connectivity index (χ3v) is 2.69. The van der Waals surface area contributed by atoms with Crippen LogP contribution >= 0.6 is 0 Å². The summed E-state index contributed by atoms with van der Waals surface area (Å²) in [7, 11) is 0. The summed E-state index contributed by atoms with van der Waals surface area (Å²) in [5, 5.41) is 0. The highest BCUT2D eigenvalue weighted by atomic mass is 16.7. The standard InChI is InChI=1S/C13H20O5/c1-5-16-12(15)18-13(6-7-13)8-10(4)17-11(14)9(2)3/h10H,2,5-8H2,1,3-4H3. The van der Waals surface area contributed by atoms with E-state index in [1.165, 1.54) is 0 Å². The number of hydrogen-bond donors (Lipinski definition) is 0. The van der Waals surface area contributed by atoms with E-state index in [0.29, 0.717) is 12.0 Å². The SMILES string of the molecule is C=C(C)C(=O)OC(C)CC1(OC(=O)OCC)CC1. The van der Waals surface area contributed by atoms with E-state index in [2.05, 4.69) is 6.58 Å². The minimum Gasteiger partial charge on any atom is -0.459 e. The second-order valence-electron chi connectivity index (χ2n) is 4.67. The van der Waals surface area contributed by atoms with Crippen LogP contribution in [0.3, 0.4) is 0 Å². The van der Waals surface area contributed by atoms with Crippen molar-refractivity contribution in [2.45, 2.75) is 51.7 Å². The lowest BCUT2D eigenvalue weighted by Crippen LogP contribution is -2.27. The van der Waals surface area contributed by atoms with Crippen molar-refractivity contribution in [2.24, 2.45) is 0 Å². The second-order valence-corrected chi connectivity index (χ2v) is 4.67. The molecule has 18 heavy (non-hydrogen) atoms. The Balaban J connectivity index is 2.39. The number of hydrogen-bond acceptors (Lipinski definition) is 5. The predicted octanol–water partition coefficient (Wildman–Crippen LogP) is 2.59. The summed E-state index contributed by atoms with van der Waals surface area (Å²) in [6, 6.07) is 0. The summed E-state index contributed by atoms with van der Waals surface area (Å²) < 4.78 is 15.1. The van der Waals surface area contributed by atoms with Gasteiger partial charge in [0.15, 0.2) is 0 Å². The highest BCUT2D eigenvalue weighted by Crippen LogP contribution is 2.44. The molecule has 0 spiro atoms. The van der Waals surface area contributed by atoms with E-state index in [1.54, 1.807) is 20.8 Å². The van der Waals surface area contributed by atoms with Crippen LogP contribution in [-0.2, 0) is 19.0 Å². The van der Waals surface area contributed by atoms with Gasteiger partial charge in [0.25, 0.3) is 0 Å². The number of carbonyl (C=O) groups is 2. The Morgan fingerprint density at radius 2 is 2.00 bits per heavy atom. The monoisotopic (exact) mass is 256 g/mol. The lowest BCUT2D eigenvalue weighted by molar-refractivity contribution is -0.145. The fraction of sp³-hybridized carbons (Fsp3) is 0.692. The Hall–Kier alpha value is -1.52. The van der Waals surface area contributed by atoms with Gasteiger partial charge >= 0.3 is 12.1 Å². The minimum absolute atomic E-state index is 0.287. The van der Waals surface area contributed by atoms with Gasteiger partial charge in [0.1, 0.15) is 11.7 Å². The van der Waals surface area contributed by atoms with Crippen molar-refractivity contribution in [3.05, 3.63) is 12.2 Å². The molecule has 0 aromatic carbocycles. The highest BCUT2D eigenvalue weighted by Gasteiger charge is 2.48. The van der Waals surface area contributed by atoms with Gasteiger partial charge in [0.05, 0.1) is 6.61 Å². The molecule has 1 saturated carbocycles. The van der Waals surface area contributed by atoms with Crippen LogP contribution in [0.25, 0.3) is 0 Å². The molecule has 102 valence electrons. The molecule has 1 aliphatic carbocycles. The van der Waals surface area contributed by atoms with Crippen molar-refractivity contribution in [1.29, 1.82) is 0 Å². The Morgan fingerprint density at radius 3 is 2.44 bits per heavy atom. The topological polar surface area (TPSA) is 61.8 Å². The van der Waals surface area contributed by atoms with Gasteiger partial charge in [-0.05, 0) is 33.6 Å². The average Bonchev–Trinajstić information content (AvgIpc) is 2.97. The van der Waals surface area contributed by atoms with Gasteiger partial charge in [0.2, 0.25) is 0 Å². The average molecular weight is 256 g/mol. The normalized spacial score (nSPS) is 17.5. The maximum atomic E-state index is 11.3. The molecule has 0 radical (unpaired) electrons. The third-order valence-electron chi connectivity index (χ3n) is 2.69. The van der Waals surface area contributed by atoms with Gasteiger partial charge < -0.3 is 14.2 Å². The molecule has 5 heteroatoms. The van der Waals surface area contributed by atoms with Crippen LogP contribution in [-0.4, -0.2) is 30.4 Å². The second kappa shape index (κ2) is 5.89. The first-order valence-electron chi connectivity index (χ1n) is 6.11. The van der Waals surface area contributed by atoms with Gasteiger partial charge in [-0.1, -0.05) is 6.58 Å². The lowest BCUT2D eigenvalue weighted by Gasteiger charge is -2.20. The zero-order valence-corrected chi connectivity index (χ0v) is 11.2. The van der Waals surface area contributed by atoms with Gasteiger partial charge in [-0.15, -0.1) is 0 Å². The number of carbonyl (C=O) groups excluding carboxylic acids is 2. The van der Waals surface area contributed by atoms with Crippen LogP contribution in [0.2, 0.25) is 0 Å². The summed E-state index contributed by atoms with van der Waals surface area (Å²) in [6.45, 7) is 8.89. The van der Waals surface area contributed by atoms with Gasteiger partial charge in [-0.3, -0.25) is 0 Å². The van der Waals surface area contributed by atoms with Crippen molar-refractivity contribution in [2.75, 3.05) is 6.61 Å². The Bertz CT molecular complexity index is 343. The molecule has 1 unspecified atom stereocenters. The van der Waals surface area contributed by atoms with Crippen molar-refractivity contribution in [1.82, 2.24) is 0 Å². The van der Waals surface area contributed by atoms with E-state index >= 15 is 0 Å². The van der Waals surface area contributed by atoms with Crippen molar-refractivity contribution in [3.63, 3.8) is 0 Å². The van der Waals surface area contributed by atoms with Crippen molar-refractivity contribution in [3.8, 4) is 0 Å². The van der Waals surface area contributed by atoms with Crippen LogP contribution in [0.15, 0.2) is 12.2 Å². The van der Waals surface area contributed by atoms with Crippen molar-refractivity contribution < 1.29 is 23.8 Å². The molecule has 0 N–H and O–H groups in total.